The fraction of sp³-hybridized carbons (Fsp3) is 0.560. The minimum absolute atomic E-state index is 0.0116. The predicted octanol–water partition coefficient (Wildman–Crippen LogP) is 2.84. The van der Waals surface area contributed by atoms with E-state index in [0.717, 1.165) is 67.3 Å². The van der Waals surface area contributed by atoms with Gasteiger partial charge in [0.1, 0.15) is 11.6 Å². The topological polar surface area (TPSA) is 78.5 Å². The number of hydrogen-bond donors (Lipinski definition) is 1. The second-order valence-corrected chi connectivity index (χ2v) is 9.40. The molecule has 7 nitrogen and oxygen atoms in total. The molecule has 0 spiro atoms. The SMILES string of the molecule is COc1ccccc1CN1CCc2c(nc([C@@H]3CCN(C(=O)C4CCCC4)C3)[nH]c2=O)C1. The van der Waals surface area contributed by atoms with Crippen LogP contribution in [0.5, 0.6) is 5.75 Å². The number of nitrogens with one attached hydrogen (secondary N) is 1. The van der Waals surface area contributed by atoms with Gasteiger partial charge in [-0.3, -0.25) is 14.5 Å². The van der Waals surface area contributed by atoms with Crippen LogP contribution in [0.2, 0.25) is 0 Å². The summed E-state index contributed by atoms with van der Waals surface area (Å²) in [6, 6.07) is 8.06. The van der Waals surface area contributed by atoms with Gasteiger partial charge in [-0.05, 0) is 31.7 Å². The summed E-state index contributed by atoms with van der Waals surface area (Å²) < 4.78 is 5.50. The molecule has 0 radical (unpaired) electrons. The minimum Gasteiger partial charge on any atom is -0.496 e. The van der Waals surface area contributed by atoms with E-state index in [4.69, 9.17) is 9.72 Å². The lowest BCUT2D eigenvalue weighted by molar-refractivity contribution is -0.134. The number of para-hydroxylation sites is 1. The van der Waals surface area contributed by atoms with E-state index in [-0.39, 0.29) is 17.4 Å². The third kappa shape index (κ3) is 4.18. The lowest BCUT2D eigenvalue weighted by Crippen LogP contribution is -2.36. The van der Waals surface area contributed by atoms with Gasteiger partial charge in [-0.15, -0.1) is 0 Å². The van der Waals surface area contributed by atoms with Gasteiger partial charge < -0.3 is 14.6 Å². The Hall–Kier alpha value is -2.67. The van der Waals surface area contributed by atoms with Crippen LogP contribution in [-0.4, -0.2) is 52.4 Å². The fourth-order valence-electron chi connectivity index (χ4n) is 5.53. The number of carbonyl (C=O) groups excluding carboxylic acids is 1. The number of amides is 1. The molecule has 1 aromatic carbocycles. The summed E-state index contributed by atoms with van der Waals surface area (Å²) in [5.41, 5.74) is 2.82. The zero-order chi connectivity index (χ0) is 22.1. The fourth-order valence-corrected chi connectivity index (χ4v) is 5.53. The van der Waals surface area contributed by atoms with E-state index in [9.17, 15) is 9.59 Å². The summed E-state index contributed by atoms with van der Waals surface area (Å²) >= 11 is 0. The second kappa shape index (κ2) is 9.06. The molecule has 1 saturated heterocycles. The van der Waals surface area contributed by atoms with E-state index >= 15 is 0 Å². The van der Waals surface area contributed by atoms with Crippen molar-refractivity contribution in [3.8, 4) is 5.75 Å². The Morgan fingerprint density at radius 2 is 2.00 bits per heavy atom. The zero-order valence-electron chi connectivity index (χ0n) is 18.8. The molecule has 1 N–H and O–H groups in total. The Bertz CT molecular complexity index is 1040. The summed E-state index contributed by atoms with van der Waals surface area (Å²) in [4.78, 5) is 37.9. The first-order valence-corrected chi connectivity index (χ1v) is 11.9. The highest BCUT2D eigenvalue weighted by Crippen LogP contribution is 2.31. The van der Waals surface area contributed by atoms with Gasteiger partial charge in [0.15, 0.2) is 0 Å². The van der Waals surface area contributed by atoms with E-state index in [1.54, 1.807) is 7.11 Å². The van der Waals surface area contributed by atoms with Crippen LogP contribution >= 0.6 is 0 Å². The number of ether oxygens (including phenoxy) is 1. The van der Waals surface area contributed by atoms with Crippen molar-refractivity contribution >= 4 is 5.91 Å². The van der Waals surface area contributed by atoms with Gasteiger partial charge in [-0.2, -0.15) is 0 Å². The Morgan fingerprint density at radius 1 is 1.19 bits per heavy atom. The Kier molecular flexibility index (Phi) is 6.00. The molecule has 7 heteroatoms. The highest BCUT2D eigenvalue weighted by Gasteiger charge is 2.34. The van der Waals surface area contributed by atoms with Crippen LogP contribution in [0.1, 0.15) is 60.7 Å². The van der Waals surface area contributed by atoms with Crippen molar-refractivity contribution in [1.82, 2.24) is 19.8 Å². The molecule has 5 rings (SSSR count). The molecule has 2 aromatic rings. The first-order chi connectivity index (χ1) is 15.6. The minimum atomic E-state index is -0.0116. The molecule has 2 fully saturated rings. The Balaban J connectivity index is 1.30. The summed E-state index contributed by atoms with van der Waals surface area (Å²) in [7, 11) is 1.69. The van der Waals surface area contributed by atoms with Crippen LogP contribution < -0.4 is 10.3 Å². The molecule has 2 aliphatic heterocycles. The predicted molar refractivity (Wildman–Crippen MR) is 122 cm³/mol. The molecule has 0 bridgehead atoms. The standard InChI is InChI=1S/C25H32N4O3/c1-32-22-9-5-4-8-18(22)14-28-12-11-20-21(16-28)26-23(27-24(20)30)19-10-13-29(15-19)25(31)17-6-2-3-7-17/h4-5,8-9,17,19H,2-3,6-7,10-16H2,1H3,(H,26,27,30)/t19-/m1/s1. The smallest absolute Gasteiger partial charge is 0.254 e. The number of nitrogens with zero attached hydrogens (tertiary/aromatic N) is 3. The van der Waals surface area contributed by atoms with Crippen molar-refractivity contribution in [3.05, 3.63) is 57.3 Å². The lowest BCUT2D eigenvalue weighted by atomic mass is 10.0. The normalized spacial score (nSPS) is 21.7. The maximum atomic E-state index is 12.8. The number of hydrogen-bond acceptors (Lipinski definition) is 5. The third-order valence-electron chi connectivity index (χ3n) is 7.35. The summed E-state index contributed by atoms with van der Waals surface area (Å²) in [5, 5.41) is 0. The summed E-state index contributed by atoms with van der Waals surface area (Å²) in [6.07, 6.45) is 5.94. The number of rotatable bonds is 5. The second-order valence-electron chi connectivity index (χ2n) is 9.40. The first-order valence-electron chi connectivity index (χ1n) is 11.9. The van der Waals surface area contributed by atoms with Gasteiger partial charge in [-0.25, -0.2) is 4.98 Å². The van der Waals surface area contributed by atoms with Gasteiger partial charge in [0.05, 0.1) is 12.8 Å². The van der Waals surface area contributed by atoms with Gasteiger partial charge >= 0.3 is 0 Å². The van der Waals surface area contributed by atoms with E-state index in [0.29, 0.717) is 25.4 Å². The van der Waals surface area contributed by atoms with Crippen LogP contribution in [0.4, 0.5) is 0 Å². The van der Waals surface area contributed by atoms with Crippen molar-refractivity contribution in [2.45, 2.75) is 57.5 Å². The number of carbonyl (C=O) groups is 1. The Labute approximate surface area is 188 Å². The monoisotopic (exact) mass is 436 g/mol. The molecule has 0 unspecified atom stereocenters. The molecule has 1 saturated carbocycles. The highest BCUT2D eigenvalue weighted by atomic mass is 16.5. The molecule has 32 heavy (non-hydrogen) atoms. The van der Waals surface area contributed by atoms with E-state index < -0.39 is 0 Å². The lowest BCUT2D eigenvalue weighted by Gasteiger charge is -2.28. The van der Waals surface area contributed by atoms with Crippen molar-refractivity contribution in [1.29, 1.82) is 0 Å². The molecular weight excluding hydrogens is 404 g/mol. The summed E-state index contributed by atoms with van der Waals surface area (Å²) in [6.45, 7) is 3.67. The Morgan fingerprint density at radius 3 is 2.81 bits per heavy atom. The molecule has 1 atom stereocenters. The number of aromatic amines is 1. The molecule has 3 heterocycles. The van der Waals surface area contributed by atoms with Crippen LogP contribution in [0.3, 0.4) is 0 Å². The van der Waals surface area contributed by atoms with E-state index in [1.165, 1.54) is 12.8 Å². The maximum Gasteiger partial charge on any atom is 0.254 e. The summed E-state index contributed by atoms with van der Waals surface area (Å²) in [5.74, 6) is 2.24. The molecule has 3 aliphatic rings. The van der Waals surface area contributed by atoms with Crippen LogP contribution in [0.25, 0.3) is 0 Å². The number of fused-ring (bicyclic) bond motifs is 1. The maximum absolute atomic E-state index is 12.8. The van der Waals surface area contributed by atoms with E-state index in [2.05, 4.69) is 16.0 Å². The number of methoxy groups -OCH3 is 1. The molecule has 1 amide bonds. The van der Waals surface area contributed by atoms with Gasteiger partial charge in [-0.1, -0.05) is 31.0 Å². The van der Waals surface area contributed by atoms with Crippen molar-refractivity contribution in [2.75, 3.05) is 26.7 Å². The molecule has 170 valence electrons. The van der Waals surface area contributed by atoms with Crippen molar-refractivity contribution in [3.63, 3.8) is 0 Å². The zero-order valence-corrected chi connectivity index (χ0v) is 18.8. The van der Waals surface area contributed by atoms with Crippen molar-refractivity contribution < 1.29 is 9.53 Å². The number of H-pyrrole nitrogens is 1. The van der Waals surface area contributed by atoms with Crippen molar-refractivity contribution in [2.24, 2.45) is 5.92 Å². The van der Waals surface area contributed by atoms with Crippen LogP contribution in [0.15, 0.2) is 29.1 Å². The third-order valence-corrected chi connectivity index (χ3v) is 7.35. The van der Waals surface area contributed by atoms with Gasteiger partial charge in [0, 0.05) is 55.7 Å². The van der Waals surface area contributed by atoms with Gasteiger partial charge in [0.2, 0.25) is 5.91 Å². The van der Waals surface area contributed by atoms with E-state index in [1.807, 2.05) is 23.1 Å². The van der Waals surface area contributed by atoms with Crippen LogP contribution in [0, 0.1) is 5.92 Å². The average Bonchev–Trinajstić information content (AvgIpc) is 3.51. The number of likely N-dealkylation sites (tertiary alicyclic amines) is 1. The highest BCUT2D eigenvalue weighted by molar-refractivity contribution is 5.79. The average molecular weight is 437 g/mol. The van der Waals surface area contributed by atoms with Crippen LogP contribution in [-0.2, 0) is 24.3 Å². The number of benzene rings is 1. The molecular formula is C25H32N4O3. The largest absolute Gasteiger partial charge is 0.496 e. The first kappa shape index (κ1) is 21.2. The molecule has 1 aliphatic carbocycles. The quantitative estimate of drug-likeness (QED) is 0.780. The number of aromatic nitrogens is 2. The van der Waals surface area contributed by atoms with Gasteiger partial charge in [0.25, 0.3) is 5.56 Å². The molecule has 1 aromatic heterocycles.